The molecule has 1 aromatic heterocycles. The van der Waals surface area contributed by atoms with Crippen LogP contribution in [0.5, 0.6) is 0 Å². The summed E-state index contributed by atoms with van der Waals surface area (Å²) in [5.74, 6) is 1.23. The predicted octanol–water partition coefficient (Wildman–Crippen LogP) is 5.22. The van der Waals surface area contributed by atoms with Crippen molar-refractivity contribution >= 4 is 22.8 Å². The first-order valence-electron chi connectivity index (χ1n) is 14.8. The van der Waals surface area contributed by atoms with Gasteiger partial charge in [-0.2, -0.15) is 0 Å². The molecule has 0 amide bonds. The van der Waals surface area contributed by atoms with E-state index in [0.717, 1.165) is 48.7 Å². The topological polar surface area (TPSA) is 78.7 Å². The summed E-state index contributed by atoms with van der Waals surface area (Å²) in [6.45, 7) is 3.89. The number of carboxylic acid groups (broad SMARTS) is 1. The van der Waals surface area contributed by atoms with E-state index in [9.17, 15) is 14.7 Å². The van der Waals surface area contributed by atoms with Crippen molar-refractivity contribution in [1.29, 1.82) is 0 Å². The number of aromatic nitrogens is 2. The molecule has 4 aliphatic rings. The third kappa shape index (κ3) is 4.68. The van der Waals surface area contributed by atoms with Gasteiger partial charge in [-0.15, -0.1) is 0 Å². The molecule has 7 heteroatoms. The van der Waals surface area contributed by atoms with Crippen LogP contribution in [-0.4, -0.2) is 56.7 Å². The minimum Gasteiger partial charge on any atom is -0.480 e. The summed E-state index contributed by atoms with van der Waals surface area (Å²) >= 11 is 0. The number of carbonyl (C=O) groups is 1. The Balaban J connectivity index is 1.31. The Kier molecular flexibility index (Phi) is 6.99. The van der Waals surface area contributed by atoms with Crippen LogP contribution in [0.2, 0.25) is 0 Å². The first-order valence-corrected chi connectivity index (χ1v) is 14.8. The van der Waals surface area contributed by atoms with Gasteiger partial charge in [0.15, 0.2) is 5.82 Å². The van der Waals surface area contributed by atoms with E-state index in [2.05, 4.69) is 16.8 Å². The zero-order chi connectivity index (χ0) is 25.5. The minimum absolute atomic E-state index is 0.113. The van der Waals surface area contributed by atoms with Gasteiger partial charge in [-0.3, -0.25) is 9.69 Å². The number of piperidine rings is 1. The zero-order valence-corrected chi connectivity index (χ0v) is 22.2. The maximum atomic E-state index is 14.0. The molecule has 2 aromatic rings. The molecule has 2 saturated heterocycles. The molecule has 6 rings (SSSR count). The molecule has 0 radical (unpaired) electrons. The Morgan fingerprint density at radius 1 is 0.973 bits per heavy atom. The van der Waals surface area contributed by atoms with Crippen LogP contribution in [0.25, 0.3) is 11.0 Å². The molecule has 2 saturated carbocycles. The summed E-state index contributed by atoms with van der Waals surface area (Å²) in [4.78, 5) is 34.9. The molecule has 3 heterocycles. The highest BCUT2D eigenvalue weighted by atomic mass is 16.4. The highest BCUT2D eigenvalue weighted by Gasteiger charge is 2.41. The third-order valence-electron chi connectivity index (χ3n) is 9.90. The van der Waals surface area contributed by atoms with E-state index in [-0.39, 0.29) is 11.6 Å². The van der Waals surface area contributed by atoms with Crippen LogP contribution < -0.4 is 10.5 Å². The number of anilines is 1. The number of rotatable bonds is 6. The summed E-state index contributed by atoms with van der Waals surface area (Å²) in [6.07, 6.45) is 14.6. The smallest absolute Gasteiger partial charge is 0.326 e. The number of hydrogen-bond acceptors (Lipinski definition) is 5. The van der Waals surface area contributed by atoms with Gasteiger partial charge < -0.3 is 14.6 Å². The molecule has 0 spiro atoms. The van der Waals surface area contributed by atoms with Gasteiger partial charge in [0, 0.05) is 31.2 Å². The number of carboxylic acids is 1. The molecular weight excluding hydrogens is 464 g/mol. The van der Waals surface area contributed by atoms with Crippen molar-refractivity contribution in [2.24, 2.45) is 11.8 Å². The zero-order valence-electron chi connectivity index (χ0n) is 22.2. The normalized spacial score (nSPS) is 32.6. The molecule has 4 fully saturated rings. The SMILES string of the molecule is CCC[C@@H]1C[C@H](n2c(=O)c(N3CC[C@@H]3C(=O)O)nc3ccccc32)CCN1[C@@H]1C[C@@H]2CCCC[C@@H](C2)C1. The molecule has 200 valence electrons. The van der Waals surface area contributed by atoms with Gasteiger partial charge in [0.25, 0.3) is 5.56 Å². The average molecular weight is 507 g/mol. The second-order valence-electron chi connectivity index (χ2n) is 12.2. The molecule has 37 heavy (non-hydrogen) atoms. The monoisotopic (exact) mass is 506 g/mol. The fourth-order valence-corrected chi connectivity index (χ4v) is 8.11. The van der Waals surface area contributed by atoms with E-state index in [1.165, 1.54) is 51.4 Å². The number of benzene rings is 1. The highest BCUT2D eigenvalue weighted by Crippen LogP contribution is 2.43. The maximum absolute atomic E-state index is 14.0. The van der Waals surface area contributed by atoms with Gasteiger partial charge in [-0.1, -0.05) is 51.2 Å². The van der Waals surface area contributed by atoms with Crippen LogP contribution in [0.15, 0.2) is 29.1 Å². The standard InChI is InChI=1S/C30H42N4O3/c1-2-7-22-19-23(12-14-32(22)24-17-20-8-3-4-9-21(16-20)18-24)34-26-11-6-5-10-25(26)31-28(29(34)35)33-15-13-27(33)30(36)37/h5-6,10-11,20-24,27H,2-4,7-9,12-19H2,1H3,(H,36,37)/t20-,21+,22-,23-,24-,27-/m1/s1. The molecule has 1 aromatic carbocycles. The van der Waals surface area contributed by atoms with E-state index in [0.29, 0.717) is 30.9 Å². The fraction of sp³-hybridized carbons (Fsp3) is 0.700. The minimum atomic E-state index is -0.878. The summed E-state index contributed by atoms with van der Waals surface area (Å²) in [5.41, 5.74) is 1.53. The van der Waals surface area contributed by atoms with Gasteiger partial charge in [0.2, 0.25) is 0 Å². The molecule has 2 bridgehead atoms. The van der Waals surface area contributed by atoms with Crippen molar-refractivity contribution in [2.45, 2.75) is 108 Å². The third-order valence-corrected chi connectivity index (χ3v) is 9.90. The van der Waals surface area contributed by atoms with Crippen molar-refractivity contribution < 1.29 is 9.90 Å². The van der Waals surface area contributed by atoms with Crippen LogP contribution in [0.4, 0.5) is 5.82 Å². The average Bonchev–Trinajstić information content (AvgIpc) is 3.03. The number of aliphatic carboxylic acids is 1. The lowest BCUT2D eigenvalue weighted by atomic mass is 9.76. The van der Waals surface area contributed by atoms with Crippen molar-refractivity contribution in [3.8, 4) is 0 Å². The Bertz CT molecular complexity index is 1180. The Morgan fingerprint density at radius 3 is 2.41 bits per heavy atom. The van der Waals surface area contributed by atoms with E-state index in [4.69, 9.17) is 0 Å². The number of para-hydroxylation sites is 2. The lowest BCUT2D eigenvalue weighted by Gasteiger charge is -2.48. The van der Waals surface area contributed by atoms with Crippen molar-refractivity contribution in [3.05, 3.63) is 34.6 Å². The summed E-state index contributed by atoms with van der Waals surface area (Å²) in [6, 6.07) is 8.53. The van der Waals surface area contributed by atoms with Crippen molar-refractivity contribution in [3.63, 3.8) is 0 Å². The Morgan fingerprint density at radius 2 is 1.73 bits per heavy atom. The van der Waals surface area contributed by atoms with Gasteiger partial charge >= 0.3 is 5.97 Å². The number of fused-ring (bicyclic) bond motifs is 3. The number of hydrogen-bond donors (Lipinski definition) is 1. The molecule has 6 atom stereocenters. The van der Waals surface area contributed by atoms with Crippen LogP contribution >= 0.6 is 0 Å². The lowest BCUT2D eigenvalue weighted by Crippen LogP contribution is -2.55. The maximum Gasteiger partial charge on any atom is 0.326 e. The second-order valence-corrected chi connectivity index (χ2v) is 12.2. The fourth-order valence-electron chi connectivity index (χ4n) is 8.11. The molecule has 1 N–H and O–H groups in total. The summed E-state index contributed by atoms with van der Waals surface area (Å²) in [5, 5.41) is 9.63. The second kappa shape index (κ2) is 10.4. The molecule has 7 nitrogen and oxygen atoms in total. The Hall–Kier alpha value is -2.41. The first-order chi connectivity index (χ1) is 18.0. The van der Waals surface area contributed by atoms with Crippen LogP contribution in [0, 0.1) is 11.8 Å². The van der Waals surface area contributed by atoms with Crippen molar-refractivity contribution in [2.75, 3.05) is 18.0 Å². The van der Waals surface area contributed by atoms with E-state index < -0.39 is 12.0 Å². The van der Waals surface area contributed by atoms with E-state index in [1.807, 2.05) is 28.8 Å². The first kappa shape index (κ1) is 24.9. The number of nitrogens with zero attached hydrogens (tertiary/aromatic N) is 4. The molecule has 0 unspecified atom stereocenters. The number of likely N-dealkylation sites (tertiary alicyclic amines) is 1. The van der Waals surface area contributed by atoms with Gasteiger partial charge in [-0.05, 0) is 68.9 Å². The van der Waals surface area contributed by atoms with E-state index in [1.54, 1.807) is 4.90 Å². The van der Waals surface area contributed by atoms with Crippen molar-refractivity contribution in [1.82, 2.24) is 14.5 Å². The van der Waals surface area contributed by atoms with Crippen LogP contribution in [0.1, 0.15) is 90.0 Å². The summed E-state index contributed by atoms with van der Waals surface area (Å²) in [7, 11) is 0. The van der Waals surface area contributed by atoms with Gasteiger partial charge in [0.05, 0.1) is 11.0 Å². The molecule has 2 aliphatic heterocycles. The van der Waals surface area contributed by atoms with Gasteiger partial charge in [0.1, 0.15) is 6.04 Å². The summed E-state index contributed by atoms with van der Waals surface area (Å²) < 4.78 is 1.98. The molecular formula is C30H42N4O3. The Labute approximate surface area is 219 Å². The highest BCUT2D eigenvalue weighted by molar-refractivity contribution is 5.81. The lowest BCUT2D eigenvalue weighted by molar-refractivity contribution is -0.140. The quantitative estimate of drug-likeness (QED) is 0.578. The van der Waals surface area contributed by atoms with Gasteiger partial charge in [-0.25, -0.2) is 9.78 Å². The van der Waals surface area contributed by atoms with Crippen LogP contribution in [0.3, 0.4) is 0 Å². The predicted molar refractivity (Wildman–Crippen MR) is 146 cm³/mol. The molecule has 2 aliphatic carbocycles. The largest absolute Gasteiger partial charge is 0.480 e. The van der Waals surface area contributed by atoms with Crippen LogP contribution in [-0.2, 0) is 4.79 Å². The van der Waals surface area contributed by atoms with E-state index >= 15 is 0 Å².